The summed E-state index contributed by atoms with van der Waals surface area (Å²) in [4.78, 5) is 28.3. The van der Waals surface area contributed by atoms with Gasteiger partial charge < -0.3 is 15.2 Å². The number of nitrogens with one attached hydrogen (secondary N) is 1. The van der Waals surface area contributed by atoms with Crippen LogP contribution < -0.4 is 10.1 Å². The Kier molecular flexibility index (Phi) is 4.47. The maximum Gasteiger partial charge on any atom is 0.309 e. The van der Waals surface area contributed by atoms with Crippen LogP contribution in [0.25, 0.3) is 0 Å². The van der Waals surface area contributed by atoms with E-state index >= 15 is 0 Å². The Hall–Kier alpha value is -2.11. The minimum Gasteiger partial charge on any atom is -0.481 e. The maximum absolute atomic E-state index is 12.7. The normalized spacial score (nSPS) is 28.4. The van der Waals surface area contributed by atoms with Gasteiger partial charge in [0.05, 0.1) is 12.5 Å². The highest BCUT2D eigenvalue weighted by molar-refractivity contribution is 5.84. The summed E-state index contributed by atoms with van der Waals surface area (Å²) in [5.74, 6) is -0.0320. The zero-order chi connectivity index (χ0) is 17.2. The average Bonchev–Trinajstić information content (AvgIpc) is 2.63. The van der Waals surface area contributed by atoms with Crippen molar-refractivity contribution in [2.75, 3.05) is 13.7 Å². The van der Waals surface area contributed by atoms with Crippen molar-refractivity contribution in [2.45, 2.75) is 44.9 Å². The van der Waals surface area contributed by atoms with Crippen molar-refractivity contribution < 1.29 is 19.4 Å². The molecule has 2 N–H and O–H groups in total. The lowest BCUT2D eigenvalue weighted by molar-refractivity contribution is -0.163. The van der Waals surface area contributed by atoms with Crippen molar-refractivity contribution in [3.05, 3.63) is 23.9 Å². The summed E-state index contributed by atoms with van der Waals surface area (Å²) in [6.45, 7) is 0.534. The lowest BCUT2D eigenvalue weighted by Gasteiger charge is -2.50. The molecule has 0 unspecified atom stereocenters. The van der Waals surface area contributed by atoms with Crippen LogP contribution in [-0.4, -0.2) is 35.6 Å². The van der Waals surface area contributed by atoms with E-state index in [0.29, 0.717) is 57.4 Å². The van der Waals surface area contributed by atoms with E-state index in [1.165, 1.54) is 0 Å². The summed E-state index contributed by atoms with van der Waals surface area (Å²) >= 11 is 0. The van der Waals surface area contributed by atoms with Gasteiger partial charge in [-0.1, -0.05) is 6.07 Å². The lowest BCUT2D eigenvalue weighted by atomic mass is 9.53. The Bertz CT molecular complexity index is 619. The second-order valence-electron chi connectivity index (χ2n) is 7.04. The Balaban J connectivity index is 1.56. The molecule has 0 radical (unpaired) electrons. The molecule has 3 aliphatic rings. The zero-order valence-electron chi connectivity index (χ0n) is 14.0. The number of pyridine rings is 1. The fourth-order valence-corrected chi connectivity index (χ4v) is 4.14. The summed E-state index contributed by atoms with van der Waals surface area (Å²) < 4.78 is 5.22. The Morgan fingerprint density at radius 3 is 2.42 bits per heavy atom. The van der Waals surface area contributed by atoms with Crippen LogP contribution in [0.4, 0.5) is 0 Å². The molecular weight excluding hydrogens is 308 g/mol. The molecule has 1 amide bonds. The van der Waals surface area contributed by atoms with Crippen LogP contribution >= 0.6 is 0 Å². The molecule has 6 nitrogen and oxygen atoms in total. The largest absolute Gasteiger partial charge is 0.481 e. The number of amides is 1. The molecule has 0 spiro atoms. The van der Waals surface area contributed by atoms with E-state index in [9.17, 15) is 14.7 Å². The number of carboxylic acid groups (broad SMARTS) is 1. The number of aromatic nitrogens is 1. The standard InChI is InChI=1S/C18H24N2O4/c1-24-14-13(3-2-11-19-14)4-12-20-15(21)17-5-8-18(9-6-17,10-7-17)16(22)23/h2-3,11H,4-10,12H2,1H3,(H,20,21)(H,22,23). The topological polar surface area (TPSA) is 88.5 Å². The third kappa shape index (κ3) is 2.85. The van der Waals surface area contributed by atoms with Crippen molar-refractivity contribution in [3.63, 3.8) is 0 Å². The number of methoxy groups -OCH3 is 1. The van der Waals surface area contributed by atoms with Crippen LogP contribution in [0.5, 0.6) is 5.88 Å². The van der Waals surface area contributed by atoms with Crippen molar-refractivity contribution in [1.82, 2.24) is 10.3 Å². The fourth-order valence-electron chi connectivity index (χ4n) is 4.14. The summed E-state index contributed by atoms with van der Waals surface area (Å²) in [7, 11) is 1.59. The van der Waals surface area contributed by atoms with Crippen LogP contribution in [0.2, 0.25) is 0 Å². The van der Waals surface area contributed by atoms with E-state index in [2.05, 4.69) is 10.3 Å². The van der Waals surface area contributed by atoms with Gasteiger partial charge in [-0.15, -0.1) is 0 Å². The Labute approximate surface area is 141 Å². The van der Waals surface area contributed by atoms with E-state index in [-0.39, 0.29) is 11.3 Å². The Morgan fingerprint density at radius 1 is 1.21 bits per heavy atom. The predicted octanol–water partition coefficient (Wildman–Crippen LogP) is 2.17. The smallest absolute Gasteiger partial charge is 0.309 e. The molecule has 0 aromatic carbocycles. The molecule has 0 aliphatic heterocycles. The van der Waals surface area contributed by atoms with Gasteiger partial charge in [0.1, 0.15) is 0 Å². The summed E-state index contributed by atoms with van der Waals surface area (Å²) in [6.07, 6.45) is 6.24. The molecule has 3 aliphatic carbocycles. The number of aliphatic carboxylic acids is 1. The van der Waals surface area contributed by atoms with Crippen molar-refractivity contribution in [1.29, 1.82) is 0 Å². The van der Waals surface area contributed by atoms with Gasteiger partial charge >= 0.3 is 5.97 Å². The van der Waals surface area contributed by atoms with Crippen LogP contribution in [0.1, 0.15) is 44.1 Å². The first kappa shape index (κ1) is 16.7. The number of carbonyl (C=O) groups is 2. The fraction of sp³-hybridized carbons (Fsp3) is 0.611. The highest BCUT2D eigenvalue weighted by Gasteiger charge is 2.55. The highest BCUT2D eigenvalue weighted by Crippen LogP contribution is 2.57. The monoisotopic (exact) mass is 332 g/mol. The molecule has 130 valence electrons. The SMILES string of the molecule is COc1ncccc1CCNC(=O)C12CCC(C(=O)O)(CC1)CC2. The zero-order valence-corrected chi connectivity index (χ0v) is 14.0. The van der Waals surface area contributed by atoms with E-state index < -0.39 is 11.4 Å². The lowest BCUT2D eigenvalue weighted by Crippen LogP contribution is -2.52. The molecule has 24 heavy (non-hydrogen) atoms. The first-order valence-corrected chi connectivity index (χ1v) is 8.51. The van der Waals surface area contributed by atoms with Gasteiger partial charge in [0.15, 0.2) is 0 Å². The van der Waals surface area contributed by atoms with Gasteiger partial charge in [0.2, 0.25) is 11.8 Å². The summed E-state index contributed by atoms with van der Waals surface area (Å²) in [5.41, 5.74) is 0.0244. The molecule has 6 heteroatoms. The molecule has 1 aromatic heterocycles. The van der Waals surface area contributed by atoms with Crippen LogP contribution in [0.3, 0.4) is 0 Å². The van der Waals surface area contributed by atoms with E-state index in [1.807, 2.05) is 12.1 Å². The highest BCUT2D eigenvalue weighted by atomic mass is 16.5. The average molecular weight is 332 g/mol. The van der Waals surface area contributed by atoms with Gasteiger partial charge in [-0.2, -0.15) is 0 Å². The third-order valence-electron chi connectivity index (χ3n) is 5.90. The first-order chi connectivity index (χ1) is 11.5. The van der Waals surface area contributed by atoms with Crippen molar-refractivity contribution >= 4 is 11.9 Å². The van der Waals surface area contributed by atoms with Gasteiger partial charge in [0, 0.05) is 23.7 Å². The molecule has 4 rings (SSSR count). The molecule has 3 fully saturated rings. The van der Waals surface area contributed by atoms with E-state index in [1.54, 1.807) is 13.3 Å². The minimum atomic E-state index is -0.695. The second-order valence-corrected chi connectivity index (χ2v) is 7.04. The summed E-state index contributed by atoms with van der Waals surface area (Å²) in [5, 5.41) is 12.5. The molecule has 0 saturated heterocycles. The Morgan fingerprint density at radius 2 is 1.83 bits per heavy atom. The first-order valence-electron chi connectivity index (χ1n) is 8.51. The number of carboxylic acids is 1. The number of rotatable bonds is 6. The van der Waals surface area contributed by atoms with Gasteiger partial charge in [-0.05, 0) is 51.0 Å². The number of carbonyl (C=O) groups excluding carboxylic acids is 1. The van der Waals surface area contributed by atoms with Gasteiger partial charge in [-0.25, -0.2) is 4.98 Å². The maximum atomic E-state index is 12.7. The second kappa shape index (κ2) is 6.42. The van der Waals surface area contributed by atoms with Crippen LogP contribution in [0.15, 0.2) is 18.3 Å². The molecule has 1 aromatic rings. The van der Waals surface area contributed by atoms with Crippen LogP contribution in [-0.2, 0) is 16.0 Å². The quantitative estimate of drug-likeness (QED) is 0.833. The van der Waals surface area contributed by atoms with E-state index in [0.717, 1.165) is 5.56 Å². The minimum absolute atomic E-state index is 0.0732. The van der Waals surface area contributed by atoms with E-state index in [4.69, 9.17) is 4.74 Å². The number of fused-ring (bicyclic) bond motifs is 3. The van der Waals surface area contributed by atoms with Crippen molar-refractivity contribution in [3.8, 4) is 5.88 Å². The molecular formula is C18H24N2O4. The third-order valence-corrected chi connectivity index (χ3v) is 5.90. The number of ether oxygens (including phenoxy) is 1. The van der Waals surface area contributed by atoms with Crippen LogP contribution in [0, 0.1) is 10.8 Å². The number of hydrogen-bond donors (Lipinski definition) is 2. The molecule has 2 bridgehead atoms. The molecule has 1 heterocycles. The number of hydrogen-bond acceptors (Lipinski definition) is 4. The molecule has 0 atom stereocenters. The van der Waals surface area contributed by atoms with Gasteiger partial charge in [0.25, 0.3) is 0 Å². The predicted molar refractivity (Wildman–Crippen MR) is 87.7 cm³/mol. The number of nitrogens with zero attached hydrogens (tertiary/aromatic N) is 1. The molecule has 3 saturated carbocycles. The summed E-state index contributed by atoms with van der Waals surface area (Å²) in [6, 6.07) is 3.80. The van der Waals surface area contributed by atoms with Gasteiger partial charge in [-0.3, -0.25) is 9.59 Å². The van der Waals surface area contributed by atoms with Crippen molar-refractivity contribution in [2.24, 2.45) is 10.8 Å².